The molecule has 314 valence electrons. The molecule has 0 saturated carbocycles. The minimum atomic E-state index is 0. The van der Waals surface area contributed by atoms with Crippen LogP contribution in [0.2, 0.25) is 0 Å². The summed E-state index contributed by atoms with van der Waals surface area (Å²) in [6, 6.07) is 28.2. The van der Waals surface area contributed by atoms with Gasteiger partial charge in [-0.2, -0.15) is 19.6 Å². The van der Waals surface area contributed by atoms with Crippen LogP contribution in [0.3, 0.4) is 0 Å². The minimum Gasteiger partial charge on any atom is -0.780 e. The van der Waals surface area contributed by atoms with Gasteiger partial charge in [-0.3, -0.25) is 0 Å². The van der Waals surface area contributed by atoms with E-state index in [9.17, 15) is 0 Å². The Hall–Kier alpha value is -3.07. The van der Waals surface area contributed by atoms with Crippen molar-refractivity contribution in [2.24, 2.45) is 23.7 Å². The minimum absolute atomic E-state index is 0. The van der Waals surface area contributed by atoms with E-state index >= 15 is 0 Å². The normalized spacial score (nSPS) is 12.0. The Bertz CT molecular complexity index is 1730. The van der Waals surface area contributed by atoms with Crippen LogP contribution in [0.25, 0.3) is 19.6 Å². The molecule has 57 heavy (non-hydrogen) atoms. The largest absolute Gasteiger partial charge is 0.780 e. The zero-order chi connectivity index (χ0) is 41.4. The molecule has 0 bridgehead atoms. The van der Waals surface area contributed by atoms with Gasteiger partial charge < -0.3 is 69.5 Å². The van der Waals surface area contributed by atoms with E-state index in [0.29, 0.717) is 69.7 Å². The van der Waals surface area contributed by atoms with Crippen molar-refractivity contribution in [2.75, 3.05) is 26.4 Å². The Morgan fingerprint density at radius 2 is 0.719 bits per heavy atom. The van der Waals surface area contributed by atoms with Crippen LogP contribution in [0.5, 0.6) is 23.0 Å². The Kier molecular flexibility index (Phi) is 22.3. The second kappa shape index (κ2) is 25.4. The van der Waals surface area contributed by atoms with Gasteiger partial charge in [0.15, 0.2) is 0 Å². The van der Waals surface area contributed by atoms with Crippen molar-refractivity contribution >= 4 is 70.1 Å². The van der Waals surface area contributed by atoms with E-state index in [0.717, 1.165) is 58.1 Å². The maximum atomic E-state index is 6.02. The second-order valence-corrected chi connectivity index (χ2v) is 17.2. The summed E-state index contributed by atoms with van der Waals surface area (Å²) in [5.74, 6) is 4.82. The molecule has 0 aliphatic rings. The number of hydrogen-bond donors (Lipinski definition) is 0. The molecule has 0 saturated heterocycles. The molecule has 0 amide bonds. The third-order valence-corrected chi connectivity index (χ3v) is 10.3. The fourth-order valence-corrected chi connectivity index (χ4v) is 6.18. The van der Waals surface area contributed by atoms with E-state index in [1.807, 2.05) is 60.7 Å². The standard InChI is InChI=1S/2C24H32O2S2.Ni/c2*1-6-18-7-9-19(10-8-18)23(27)24(28)21-13-20(25-14-16(2)3)11-12-22(21)26-15-17(4)5;/h2*7-13,16-17,27-28H,6,14-15H2,1-5H3;/p-4/b2*24-23-;. The molecular weight excluding hydrogens is 827 g/mol. The molecule has 0 fully saturated rings. The monoisotopic (exact) mass is 886 g/mol. The van der Waals surface area contributed by atoms with E-state index in [-0.39, 0.29) is 16.5 Å². The van der Waals surface area contributed by atoms with Gasteiger partial charge in [0.2, 0.25) is 0 Å². The van der Waals surface area contributed by atoms with E-state index in [1.54, 1.807) is 0 Å². The molecule has 0 radical (unpaired) electrons. The molecule has 0 heterocycles. The van der Waals surface area contributed by atoms with Gasteiger partial charge in [-0.1, -0.05) is 118 Å². The van der Waals surface area contributed by atoms with Crippen LogP contribution in [-0.2, 0) is 79.8 Å². The molecule has 4 aromatic rings. The van der Waals surface area contributed by atoms with Gasteiger partial charge in [0.1, 0.15) is 23.0 Å². The summed E-state index contributed by atoms with van der Waals surface area (Å²) >= 11 is 23.0. The third kappa shape index (κ3) is 16.6. The molecule has 0 aliphatic carbocycles. The number of hydrogen-bond acceptors (Lipinski definition) is 8. The van der Waals surface area contributed by atoms with Gasteiger partial charge >= 0.3 is 0 Å². The molecule has 4 aromatic carbocycles. The van der Waals surface area contributed by atoms with Gasteiger partial charge in [0, 0.05) is 16.5 Å². The first kappa shape index (κ1) is 50.1. The quantitative estimate of drug-likeness (QED) is 0.0556. The summed E-state index contributed by atoms with van der Waals surface area (Å²) in [6.45, 7) is 23.8. The second-order valence-electron chi connectivity index (χ2n) is 15.6. The third-order valence-electron chi connectivity index (χ3n) is 8.36. The summed E-state index contributed by atoms with van der Waals surface area (Å²) in [4.78, 5) is 2.56. The first-order valence-corrected chi connectivity index (χ1v) is 21.4. The molecule has 0 aromatic heterocycles. The Morgan fingerprint density at radius 1 is 0.421 bits per heavy atom. The molecule has 0 atom stereocenters. The predicted octanol–water partition coefficient (Wildman–Crippen LogP) is 12.5. The van der Waals surface area contributed by atoms with Crippen LogP contribution in [0.1, 0.15) is 103 Å². The average molecular weight is 888 g/mol. The van der Waals surface area contributed by atoms with Crippen LogP contribution >= 0.6 is 0 Å². The van der Waals surface area contributed by atoms with Crippen molar-refractivity contribution in [3.63, 3.8) is 0 Å². The fraction of sp³-hybridized carbons (Fsp3) is 0.417. The summed E-state index contributed by atoms with van der Waals surface area (Å²) in [7, 11) is 0. The van der Waals surface area contributed by atoms with Crippen LogP contribution in [0.4, 0.5) is 0 Å². The zero-order valence-electron chi connectivity index (χ0n) is 35.2. The zero-order valence-corrected chi connectivity index (χ0v) is 39.5. The number of benzene rings is 4. The van der Waals surface area contributed by atoms with E-state index < -0.39 is 0 Å². The van der Waals surface area contributed by atoms with Crippen molar-refractivity contribution in [3.8, 4) is 23.0 Å². The molecule has 4 nitrogen and oxygen atoms in total. The Labute approximate surface area is 376 Å². The van der Waals surface area contributed by atoms with Gasteiger partial charge in [0.25, 0.3) is 0 Å². The van der Waals surface area contributed by atoms with E-state index in [2.05, 4.69) is 93.5 Å². The summed E-state index contributed by atoms with van der Waals surface area (Å²) in [5, 5.41) is 0. The average Bonchev–Trinajstić information content (AvgIpc) is 3.19. The first-order valence-electron chi connectivity index (χ1n) is 19.8. The van der Waals surface area contributed by atoms with Crippen LogP contribution < -0.4 is 18.9 Å². The molecule has 4 rings (SSSR count). The van der Waals surface area contributed by atoms with Crippen molar-refractivity contribution in [1.82, 2.24) is 0 Å². The topological polar surface area (TPSA) is 36.9 Å². The van der Waals surface area contributed by atoms with Gasteiger partial charge in [-0.05, 0) is 106 Å². The van der Waals surface area contributed by atoms with Crippen LogP contribution in [0.15, 0.2) is 84.9 Å². The van der Waals surface area contributed by atoms with E-state index in [4.69, 9.17) is 69.5 Å². The maximum absolute atomic E-state index is 6.02. The summed E-state index contributed by atoms with van der Waals surface area (Å²) < 4.78 is 23.8. The van der Waals surface area contributed by atoms with Gasteiger partial charge in [-0.25, -0.2) is 0 Å². The maximum Gasteiger partial charge on any atom is 0.125 e. The Morgan fingerprint density at radius 3 is 1.00 bits per heavy atom. The van der Waals surface area contributed by atoms with Gasteiger partial charge in [0.05, 0.1) is 26.4 Å². The van der Waals surface area contributed by atoms with Gasteiger partial charge in [-0.15, -0.1) is 0 Å². The first-order chi connectivity index (χ1) is 26.6. The van der Waals surface area contributed by atoms with Crippen LogP contribution in [0, 0.1) is 23.7 Å². The molecule has 0 unspecified atom stereocenters. The summed E-state index contributed by atoms with van der Waals surface area (Å²) in [5.41, 5.74) is 6.12. The SMILES string of the molecule is CCc1ccc(/C([S-])=C(/[S-])c2cc(OCC(C)C)ccc2OCC(C)C)cc1.CCc1ccc(/C([S-])=C(/[S-])c2cc(OCC(C)C)ccc2OCC(C)C)cc1.[Ni]. The van der Waals surface area contributed by atoms with Crippen molar-refractivity contribution < 1.29 is 35.4 Å². The van der Waals surface area contributed by atoms with Crippen molar-refractivity contribution in [3.05, 3.63) is 118 Å². The van der Waals surface area contributed by atoms with Crippen molar-refractivity contribution in [1.29, 1.82) is 0 Å². The fourth-order valence-electron chi connectivity index (χ4n) is 5.13. The van der Waals surface area contributed by atoms with Crippen LogP contribution in [-0.4, -0.2) is 26.4 Å². The molecule has 9 heteroatoms. The number of rotatable bonds is 18. The molecule has 0 aliphatic heterocycles. The Balaban J connectivity index is 0.000000387. The van der Waals surface area contributed by atoms with E-state index in [1.165, 1.54) is 11.1 Å². The molecule has 0 N–H and O–H groups in total. The predicted molar refractivity (Wildman–Crippen MR) is 249 cm³/mol. The summed E-state index contributed by atoms with van der Waals surface area (Å²) in [6.07, 6.45) is 2.00. The molecule has 0 spiro atoms. The molecular formula is C48H60NiO4S4-4. The smallest absolute Gasteiger partial charge is 0.125 e. The number of ether oxygens (including phenoxy) is 4. The van der Waals surface area contributed by atoms with Crippen molar-refractivity contribution in [2.45, 2.75) is 82.1 Å². The number of aryl methyl sites for hydroxylation is 2.